The summed E-state index contributed by atoms with van der Waals surface area (Å²) in [6, 6.07) is 8.40. The lowest BCUT2D eigenvalue weighted by Gasteiger charge is -2.59. The largest absolute Gasteiger partial charge is 0.369 e. The molecule has 4 aliphatic rings. The van der Waals surface area contributed by atoms with E-state index >= 15 is 0 Å². The predicted molar refractivity (Wildman–Crippen MR) is 112 cm³/mol. The monoisotopic (exact) mass is 442 g/mol. The summed E-state index contributed by atoms with van der Waals surface area (Å²) in [5, 5.41) is 13.0. The van der Waals surface area contributed by atoms with Gasteiger partial charge in [-0.25, -0.2) is 0 Å². The fraction of sp³-hybridized carbons (Fsp3) is 0.591. The standard InChI is InChI=1S/C22H27BrN4O/c1-21(2,16-4-3-5-17(23)8-16)20(26-12-24)27-18-14-6-13-7-15(18)11-22(9-13,10-14)19(25)28/h3-5,8,13-15,18H,6-7,9-11H2,1-2H3,(H2,25,28)(H,26,27). The summed E-state index contributed by atoms with van der Waals surface area (Å²) in [6.07, 6.45) is 6.97. The number of amidine groups is 1. The Kier molecular flexibility index (Phi) is 4.78. The highest BCUT2D eigenvalue weighted by Crippen LogP contribution is 2.60. The van der Waals surface area contributed by atoms with Crippen molar-refractivity contribution in [2.45, 2.75) is 57.4 Å². The molecule has 0 heterocycles. The van der Waals surface area contributed by atoms with E-state index in [4.69, 9.17) is 5.73 Å². The van der Waals surface area contributed by atoms with Crippen LogP contribution in [0.2, 0.25) is 0 Å². The first-order valence-electron chi connectivity index (χ1n) is 10.0. The van der Waals surface area contributed by atoms with E-state index in [0.717, 1.165) is 42.1 Å². The van der Waals surface area contributed by atoms with E-state index in [1.807, 2.05) is 18.3 Å². The Hall–Kier alpha value is -1.87. The average Bonchev–Trinajstić information content (AvgIpc) is 2.63. The molecule has 5 rings (SSSR count). The number of nitrogens with one attached hydrogen (secondary N) is 1. The zero-order valence-corrected chi connectivity index (χ0v) is 18.0. The molecule has 3 N–H and O–H groups in total. The van der Waals surface area contributed by atoms with Crippen molar-refractivity contribution >= 4 is 27.7 Å². The molecule has 4 aliphatic carbocycles. The zero-order valence-electron chi connectivity index (χ0n) is 16.4. The maximum absolute atomic E-state index is 12.2. The van der Waals surface area contributed by atoms with Gasteiger partial charge in [0.15, 0.2) is 0 Å². The molecule has 4 fully saturated rings. The summed E-state index contributed by atoms with van der Waals surface area (Å²) in [4.78, 5) is 16.4. The topological polar surface area (TPSA) is 91.3 Å². The van der Waals surface area contributed by atoms with Crippen LogP contribution in [0.5, 0.6) is 0 Å². The first-order valence-corrected chi connectivity index (χ1v) is 10.8. The molecule has 1 aromatic carbocycles. The first-order chi connectivity index (χ1) is 13.2. The number of hydrogen-bond acceptors (Lipinski definition) is 3. The third-order valence-electron chi connectivity index (χ3n) is 7.40. The van der Waals surface area contributed by atoms with E-state index in [1.165, 1.54) is 0 Å². The molecule has 0 saturated heterocycles. The Morgan fingerprint density at radius 3 is 2.57 bits per heavy atom. The number of hydrogen-bond donors (Lipinski definition) is 2. The van der Waals surface area contributed by atoms with Crippen molar-refractivity contribution in [3.63, 3.8) is 0 Å². The molecule has 2 atom stereocenters. The molecule has 0 radical (unpaired) electrons. The summed E-state index contributed by atoms with van der Waals surface area (Å²) in [7, 11) is 0. The number of primary amides is 1. The fourth-order valence-corrected chi connectivity index (χ4v) is 6.54. The van der Waals surface area contributed by atoms with Gasteiger partial charge in [0.05, 0.1) is 0 Å². The SMILES string of the molecule is CC(C)(/C(=N/C#N)NC1C2CC3CC1CC(C(N)=O)(C3)C2)c1cccc(Br)c1. The Labute approximate surface area is 174 Å². The van der Waals surface area contributed by atoms with E-state index in [0.29, 0.717) is 23.6 Å². The summed E-state index contributed by atoms with van der Waals surface area (Å²) in [6.45, 7) is 4.19. The van der Waals surface area contributed by atoms with E-state index < -0.39 is 5.41 Å². The molecule has 6 heteroatoms. The Morgan fingerprint density at radius 2 is 2.00 bits per heavy atom. The number of carbonyl (C=O) groups excluding carboxylic acids is 1. The number of nitrogens with zero attached hydrogens (tertiary/aromatic N) is 2. The Morgan fingerprint density at radius 1 is 1.32 bits per heavy atom. The van der Waals surface area contributed by atoms with Crippen LogP contribution in [0.4, 0.5) is 0 Å². The van der Waals surface area contributed by atoms with Crippen molar-refractivity contribution in [2.24, 2.45) is 33.9 Å². The summed E-state index contributed by atoms with van der Waals surface area (Å²) in [5.41, 5.74) is 6.19. The van der Waals surface area contributed by atoms with Crippen molar-refractivity contribution in [1.82, 2.24) is 5.32 Å². The first kappa shape index (κ1) is 19.4. The molecule has 1 amide bonds. The van der Waals surface area contributed by atoms with Crippen LogP contribution < -0.4 is 11.1 Å². The van der Waals surface area contributed by atoms with Gasteiger partial charge in [0.1, 0.15) is 5.84 Å². The fourth-order valence-electron chi connectivity index (χ4n) is 6.14. The van der Waals surface area contributed by atoms with Gasteiger partial charge >= 0.3 is 0 Å². The molecule has 4 bridgehead atoms. The molecule has 1 aromatic rings. The summed E-state index contributed by atoms with van der Waals surface area (Å²) in [5.74, 6) is 2.03. The smallest absolute Gasteiger partial charge is 0.223 e. The van der Waals surface area contributed by atoms with Gasteiger partial charge in [-0.2, -0.15) is 10.3 Å². The van der Waals surface area contributed by atoms with Crippen molar-refractivity contribution in [3.05, 3.63) is 34.3 Å². The van der Waals surface area contributed by atoms with E-state index in [-0.39, 0.29) is 17.4 Å². The minimum absolute atomic E-state index is 0.120. The highest BCUT2D eigenvalue weighted by Gasteiger charge is 2.58. The normalized spacial score (nSPS) is 34.1. The molecular weight excluding hydrogens is 416 g/mol. The van der Waals surface area contributed by atoms with Crippen molar-refractivity contribution in [1.29, 1.82) is 5.26 Å². The van der Waals surface area contributed by atoms with Crippen molar-refractivity contribution < 1.29 is 4.79 Å². The number of aliphatic imine (C=N–C) groups is 1. The third kappa shape index (κ3) is 3.14. The maximum Gasteiger partial charge on any atom is 0.223 e. The Balaban J connectivity index is 1.61. The van der Waals surface area contributed by atoms with Gasteiger partial charge in [0, 0.05) is 21.3 Å². The second-order valence-corrected chi connectivity index (χ2v) is 10.4. The van der Waals surface area contributed by atoms with Crippen LogP contribution in [-0.2, 0) is 10.2 Å². The number of nitriles is 1. The molecule has 5 nitrogen and oxygen atoms in total. The third-order valence-corrected chi connectivity index (χ3v) is 7.89. The lowest BCUT2D eigenvalue weighted by molar-refractivity contribution is -0.145. The number of benzene rings is 1. The van der Waals surface area contributed by atoms with Gasteiger partial charge < -0.3 is 11.1 Å². The highest BCUT2D eigenvalue weighted by molar-refractivity contribution is 9.10. The van der Waals surface area contributed by atoms with Crippen LogP contribution >= 0.6 is 15.9 Å². The molecule has 28 heavy (non-hydrogen) atoms. The van der Waals surface area contributed by atoms with E-state index in [2.05, 4.69) is 52.2 Å². The molecule has 0 aromatic heterocycles. The van der Waals surface area contributed by atoms with Crippen molar-refractivity contribution in [3.8, 4) is 6.19 Å². The summed E-state index contributed by atoms with van der Waals surface area (Å²) >= 11 is 3.54. The van der Waals surface area contributed by atoms with Crippen molar-refractivity contribution in [2.75, 3.05) is 0 Å². The van der Waals surface area contributed by atoms with Gasteiger partial charge in [0.25, 0.3) is 0 Å². The van der Waals surface area contributed by atoms with Crippen LogP contribution in [-0.4, -0.2) is 17.8 Å². The van der Waals surface area contributed by atoms with E-state index in [1.54, 1.807) is 0 Å². The van der Waals surface area contributed by atoms with Gasteiger partial charge in [0.2, 0.25) is 12.1 Å². The molecule has 0 spiro atoms. The van der Waals surface area contributed by atoms with Gasteiger partial charge in [-0.05, 0) is 81.4 Å². The minimum Gasteiger partial charge on any atom is -0.369 e. The predicted octanol–water partition coefficient (Wildman–Crippen LogP) is 3.88. The van der Waals surface area contributed by atoms with Crippen LogP contribution in [0.3, 0.4) is 0 Å². The number of halogens is 1. The van der Waals surface area contributed by atoms with Crippen LogP contribution in [0.15, 0.2) is 33.7 Å². The van der Waals surface area contributed by atoms with Gasteiger partial charge in [-0.3, -0.25) is 4.79 Å². The molecule has 2 unspecified atom stereocenters. The average molecular weight is 443 g/mol. The molecule has 0 aliphatic heterocycles. The van der Waals surface area contributed by atoms with Crippen LogP contribution in [0.25, 0.3) is 0 Å². The second-order valence-electron chi connectivity index (χ2n) is 9.48. The highest BCUT2D eigenvalue weighted by atomic mass is 79.9. The van der Waals surface area contributed by atoms with Gasteiger partial charge in [-0.1, -0.05) is 28.1 Å². The lowest BCUT2D eigenvalue weighted by atomic mass is 9.47. The van der Waals surface area contributed by atoms with Gasteiger partial charge in [-0.15, -0.1) is 0 Å². The number of carbonyl (C=O) groups is 1. The quantitative estimate of drug-likeness (QED) is 0.420. The number of nitrogens with two attached hydrogens (primary N) is 1. The van der Waals surface area contributed by atoms with E-state index in [9.17, 15) is 10.1 Å². The maximum atomic E-state index is 12.2. The van der Waals surface area contributed by atoms with Crippen LogP contribution in [0.1, 0.15) is 51.5 Å². The number of amides is 1. The zero-order chi connectivity index (χ0) is 20.1. The second kappa shape index (κ2) is 6.88. The number of rotatable bonds is 4. The lowest BCUT2D eigenvalue weighted by Crippen LogP contribution is -2.63. The minimum atomic E-state index is -0.421. The van der Waals surface area contributed by atoms with Crippen LogP contribution in [0, 0.1) is 34.6 Å². The summed E-state index contributed by atoms with van der Waals surface area (Å²) < 4.78 is 1.01. The Bertz CT molecular complexity index is 856. The molecule has 148 valence electrons. The molecular formula is C22H27BrN4O. The molecule has 4 saturated carbocycles.